The van der Waals surface area contributed by atoms with Crippen LogP contribution in [0.5, 0.6) is 0 Å². The topological polar surface area (TPSA) is 52.6 Å². The minimum atomic E-state index is -0.0339. The molecule has 25 heavy (non-hydrogen) atoms. The normalized spacial score (nSPS) is 15.2. The van der Waals surface area contributed by atoms with Crippen LogP contribution in [0.1, 0.15) is 21.6 Å². The van der Waals surface area contributed by atoms with Gasteiger partial charge >= 0.3 is 0 Å². The first kappa shape index (κ1) is 17.4. The van der Waals surface area contributed by atoms with E-state index < -0.39 is 0 Å². The zero-order chi connectivity index (χ0) is 17.8. The standard InChI is InChI=1S/C19H25N5O/c1-15-6-4-5-7-16(15)14-23-8-10-24(11-9-23)19(25)17-12-21-18(13-20-17)22(2)3/h4-7,12-13H,8-11,14H2,1-3H3. The highest BCUT2D eigenvalue weighted by atomic mass is 16.2. The molecule has 0 radical (unpaired) electrons. The number of aromatic nitrogens is 2. The van der Waals surface area contributed by atoms with Crippen LogP contribution >= 0.6 is 0 Å². The van der Waals surface area contributed by atoms with E-state index >= 15 is 0 Å². The third-order valence-electron chi connectivity index (χ3n) is 4.63. The maximum absolute atomic E-state index is 12.6. The number of rotatable bonds is 4. The first-order chi connectivity index (χ1) is 12.0. The van der Waals surface area contributed by atoms with E-state index in [0.717, 1.165) is 38.5 Å². The molecular formula is C19H25N5O. The van der Waals surface area contributed by atoms with Gasteiger partial charge in [-0.1, -0.05) is 24.3 Å². The second-order valence-corrected chi connectivity index (χ2v) is 6.65. The zero-order valence-corrected chi connectivity index (χ0v) is 15.1. The van der Waals surface area contributed by atoms with Gasteiger partial charge in [-0.15, -0.1) is 0 Å². The Morgan fingerprint density at radius 2 is 1.80 bits per heavy atom. The summed E-state index contributed by atoms with van der Waals surface area (Å²) in [5, 5.41) is 0. The van der Waals surface area contributed by atoms with Crippen molar-refractivity contribution >= 4 is 11.7 Å². The molecule has 0 atom stereocenters. The average Bonchev–Trinajstić information content (AvgIpc) is 2.64. The second-order valence-electron chi connectivity index (χ2n) is 6.65. The van der Waals surface area contributed by atoms with Crippen molar-refractivity contribution in [2.75, 3.05) is 45.2 Å². The molecule has 0 spiro atoms. The van der Waals surface area contributed by atoms with Gasteiger partial charge in [-0.05, 0) is 18.1 Å². The van der Waals surface area contributed by atoms with Gasteiger partial charge in [0.05, 0.1) is 12.4 Å². The third-order valence-corrected chi connectivity index (χ3v) is 4.63. The summed E-state index contributed by atoms with van der Waals surface area (Å²) in [6, 6.07) is 8.47. The zero-order valence-electron chi connectivity index (χ0n) is 15.1. The monoisotopic (exact) mass is 339 g/mol. The van der Waals surface area contributed by atoms with Crippen molar-refractivity contribution in [1.29, 1.82) is 0 Å². The molecule has 1 fully saturated rings. The Hall–Kier alpha value is -2.47. The van der Waals surface area contributed by atoms with Crippen LogP contribution in [0.15, 0.2) is 36.7 Å². The highest BCUT2D eigenvalue weighted by Crippen LogP contribution is 2.14. The lowest BCUT2D eigenvalue weighted by molar-refractivity contribution is 0.0622. The highest BCUT2D eigenvalue weighted by molar-refractivity contribution is 5.92. The van der Waals surface area contributed by atoms with E-state index in [4.69, 9.17) is 0 Å². The van der Waals surface area contributed by atoms with E-state index in [1.807, 2.05) is 23.9 Å². The third kappa shape index (κ3) is 4.14. The lowest BCUT2D eigenvalue weighted by Crippen LogP contribution is -2.48. The molecule has 1 saturated heterocycles. The Morgan fingerprint density at radius 3 is 2.40 bits per heavy atom. The number of aryl methyl sites for hydroxylation is 1. The van der Waals surface area contributed by atoms with Crippen LogP contribution in [0.25, 0.3) is 0 Å². The van der Waals surface area contributed by atoms with Gasteiger partial charge in [0.1, 0.15) is 11.5 Å². The molecule has 0 N–H and O–H groups in total. The highest BCUT2D eigenvalue weighted by Gasteiger charge is 2.23. The van der Waals surface area contributed by atoms with E-state index in [2.05, 4.69) is 46.1 Å². The predicted octanol–water partition coefficient (Wildman–Crippen LogP) is 1.81. The molecule has 0 bridgehead atoms. The summed E-state index contributed by atoms with van der Waals surface area (Å²) in [6.45, 7) is 6.29. The summed E-state index contributed by atoms with van der Waals surface area (Å²) in [7, 11) is 3.80. The van der Waals surface area contributed by atoms with Gasteiger partial charge < -0.3 is 9.80 Å². The number of hydrogen-bond acceptors (Lipinski definition) is 5. The molecule has 0 unspecified atom stereocenters. The maximum atomic E-state index is 12.6. The maximum Gasteiger partial charge on any atom is 0.274 e. The number of carbonyl (C=O) groups is 1. The molecule has 1 aromatic carbocycles. The van der Waals surface area contributed by atoms with Crippen LogP contribution in [0, 0.1) is 6.92 Å². The summed E-state index contributed by atoms with van der Waals surface area (Å²) in [6.07, 6.45) is 3.21. The Balaban J connectivity index is 1.56. The summed E-state index contributed by atoms with van der Waals surface area (Å²) in [5.74, 6) is 0.716. The van der Waals surface area contributed by atoms with Crippen molar-refractivity contribution in [3.63, 3.8) is 0 Å². The smallest absolute Gasteiger partial charge is 0.274 e. The number of piperazine rings is 1. The molecule has 1 amide bonds. The number of amides is 1. The fourth-order valence-electron chi connectivity index (χ4n) is 2.96. The van der Waals surface area contributed by atoms with E-state index in [0.29, 0.717) is 5.69 Å². The minimum Gasteiger partial charge on any atom is -0.361 e. The predicted molar refractivity (Wildman–Crippen MR) is 98.7 cm³/mol. The van der Waals surface area contributed by atoms with Crippen molar-refractivity contribution < 1.29 is 4.79 Å². The molecule has 2 aromatic rings. The van der Waals surface area contributed by atoms with Gasteiger partial charge in [0.25, 0.3) is 5.91 Å². The molecule has 3 rings (SSSR count). The molecule has 1 aliphatic heterocycles. The Bertz CT molecular complexity index is 721. The number of nitrogens with zero attached hydrogens (tertiary/aromatic N) is 5. The Kier molecular flexibility index (Phi) is 5.28. The lowest BCUT2D eigenvalue weighted by atomic mass is 10.1. The van der Waals surface area contributed by atoms with Gasteiger partial charge in [0.2, 0.25) is 0 Å². The molecular weight excluding hydrogens is 314 g/mol. The molecule has 6 heteroatoms. The van der Waals surface area contributed by atoms with Crippen LogP contribution in [0.4, 0.5) is 5.82 Å². The van der Waals surface area contributed by atoms with Crippen LogP contribution < -0.4 is 4.90 Å². The van der Waals surface area contributed by atoms with Crippen LogP contribution in [-0.2, 0) is 6.54 Å². The molecule has 1 aromatic heterocycles. The fraction of sp³-hybridized carbons (Fsp3) is 0.421. The summed E-state index contributed by atoms with van der Waals surface area (Å²) >= 11 is 0. The summed E-state index contributed by atoms with van der Waals surface area (Å²) in [4.78, 5) is 27.3. The van der Waals surface area contributed by atoms with Crippen LogP contribution in [0.2, 0.25) is 0 Å². The summed E-state index contributed by atoms with van der Waals surface area (Å²) < 4.78 is 0. The van der Waals surface area contributed by atoms with E-state index in [1.165, 1.54) is 11.1 Å². The van der Waals surface area contributed by atoms with Crippen LogP contribution in [-0.4, -0.2) is 65.9 Å². The fourth-order valence-corrected chi connectivity index (χ4v) is 2.96. The SMILES string of the molecule is Cc1ccccc1CN1CCN(C(=O)c2cnc(N(C)C)cn2)CC1. The molecule has 132 valence electrons. The molecule has 0 saturated carbocycles. The van der Waals surface area contributed by atoms with Crippen molar-refractivity contribution in [3.8, 4) is 0 Å². The second kappa shape index (κ2) is 7.61. The van der Waals surface area contributed by atoms with Crippen molar-refractivity contribution in [2.24, 2.45) is 0 Å². The van der Waals surface area contributed by atoms with Crippen molar-refractivity contribution in [1.82, 2.24) is 19.8 Å². The minimum absolute atomic E-state index is 0.0339. The van der Waals surface area contributed by atoms with E-state index in [-0.39, 0.29) is 5.91 Å². The number of hydrogen-bond donors (Lipinski definition) is 0. The molecule has 6 nitrogen and oxygen atoms in total. The lowest BCUT2D eigenvalue weighted by Gasteiger charge is -2.34. The van der Waals surface area contributed by atoms with Crippen LogP contribution in [0.3, 0.4) is 0 Å². The van der Waals surface area contributed by atoms with Crippen molar-refractivity contribution in [3.05, 3.63) is 53.5 Å². The molecule has 2 heterocycles. The number of anilines is 1. The van der Waals surface area contributed by atoms with Gasteiger partial charge in [-0.25, -0.2) is 9.97 Å². The van der Waals surface area contributed by atoms with Gasteiger partial charge in [0.15, 0.2) is 0 Å². The van der Waals surface area contributed by atoms with Gasteiger partial charge in [-0.2, -0.15) is 0 Å². The van der Waals surface area contributed by atoms with Gasteiger partial charge in [0, 0.05) is 46.8 Å². The first-order valence-corrected chi connectivity index (χ1v) is 8.60. The quantitative estimate of drug-likeness (QED) is 0.850. The van der Waals surface area contributed by atoms with Gasteiger partial charge in [-0.3, -0.25) is 9.69 Å². The Labute approximate surface area is 149 Å². The number of benzene rings is 1. The first-order valence-electron chi connectivity index (χ1n) is 8.60. The molecule has 0 aliphatic carbocycles. The average molecular weight is 339 g/mol. The number of carbonyl (C=O) groups excluding carboxylic acids is 1. The van der Waals surface area contributed by atoms with Crippen molar-refractivity contribution in [2.45, 2.75) is 13.5 Å². The van der Waals surface area contributed by atoms with E-state index in [1.54, 1.807) is 12.4 Å². The largest absolute Gasteiger partial charge is 0.361 e. The summed E-state index contributed by atoms with van der Waals surface area (Å²) in [5.41, 5.74) is 3.09. The van der Waals surface area contributed by atoms with E-state index in [9.17, 15) is 4.79 Å². The molecule has 1 aliphatic rings. The Morgan fingerprint density at radius 1 is 1.08 bits per heavy atom.